The van der Waals surface area contributed by atoms with Gasteiger partial charge in [0.25, 0.3) is 0 Å². The first kappa shape index (κ1) is 22.4. The Morgan fingerprint density at radius 1 is 1.00 bits per heavy atom. The minimum atomic E-state index is -0.709. The zero-order valence-corrected chi connectivity index (χ0v) is 17.5. The standard InChI is InChI=1S/C24H25F3N2O3/c25-17-4-2-14(3-5-17)22-21(19-12-18(26)13-20(27)23(19)28-22)15-10-16(11-15)24(32)29(7-9-31)6-1-8-30/h2-5,12-13,15-16,28,30-31H,1,6-11H2/t15-,16-. The first-order valence-electron chi connectivity index (χ1n) is 10.7. The summed E-state index contributed by atoms with van der Waals surface area (Å²) in [6.45, 7) is 0.352. The van der Waals surface area contributed by atoms with Gasteiger partial charge in [-0.15, -0.1) is 0 Å². The second-order valence-corrected chi connectivity index (χ2v) is 8.22. The number of aromatic amines is 1. The van der Waals surface area contributed by atoms with Crippen molar-refractivity contribution < 1.29 is 28.2 Å². The number of hydrogen-bond donors (Lipinski definition) is 3. The highest BCUT2D eigenvalue weighted by Crippen LogP contribution is 2.48. The number of aliphatic hydroxyl groups is 2. The van der Waals surface area contributed by atoms with Gasteiger partial charge in [-0.1, -0.05) is 0 Å². The van der Waals surface area contributed by atoms with Gasteiger partial charge in [-0.2, -0.15) is 0 Å². The Labute approximate surface area is 183 Å². The molecule has 1 heterocycles. The Balaban J connectivity index is 1.65. The van der Waals surface area contributed by atoms with E-state index in [1.165, 1.54) is 18.2 Å². The van der Waals surface area contributed by atoms with Crippen LogP contribution in [0, 0.1) is 23.4 Å². The summed E-state index contributed by atoms with van der Waals surface area (Å²) in [5, 5.41) is 18.7. The molecule has 32 heavy (non-hydrogen) atoms. The van der Waals surface area contributed by atoms with Crippen LogP contribution in [0.2, 0.25) is 0 Å². The van der Waals surface area contributed by atoms with E-state index in [1.54, 1.807) is 17.0 Å². The minimum Gasteiger partial charge on any atom is -0.396 e. The molecule has 8 heteroatoms. The summed E-state index contributed by atoms with van der Waals surface area (Å²) in [6.07, 6.45) is 1.43. The molecule has 1 saturated carbocycles. The number of benzene rings is 2. The predicted molar refractivity (Wildman–Crippen MR) is 114 cm³/mol. The molecule has 0 unspecified atom stereocenters. The lowest BCUT2D eigenvalue weighted by molar-refractivity contribution is -0.139. The largest absolute Gasteiger partial charge is 0.396 e. The number of halogens is 3. The van der Waals surface area contributed by atoms with E-state index in [4.69, 9.17) is 5.11 Å². The topological polar surface area (TPSA) is 76.6 Å². The number of aliphatic hydroxyl groups excluding tert-OH is 2. The molecule has 1 aliphatic carbocycles. The number of rotatable bonds is 8. The molecule has 170 valence electrons. The number of fused-ring (bicyclic) bond motifs is 1. The molecule has 0 radical (unpaired) electrons. The third kappa shape index (κ3) is 4.25. The average Bonchev–Trinajstić information content (AvgIpc) is 3.10. The van der Waals surface area contributed by atoms with E-state index in [2.05, 4.69) is 4.98 Å². The summed E-state index contributed by atoms with van der Waals surface area (Å²) in [5.41, 5.74) is 2.14. The average molecular weight is 446 g/mol. The van der Waals surface area contributed by atoms with Gasteiger partial charge >= 0.3 is 0 Å². The second-order valence-electron chi connectivity index (χ2n) is 8.22. The van der Waals surface area contributed by atoms with Crippen LogP contribution in [-0.4, -0.2) is 52.3 Å². The van der Waals surface area contributed by atoms with E-state index < -0.39 is 17.5 Å². The maximum atomic E-state index is 14.5. The van der Waals surface area contributed by atoms with E-state index in [1.807, 2.05) is 0 Å². The van der Waals surface area contributed by atoms with Gasteiger partial charge in [0.2, 0.25) is 5.91 Å². The first-order valence-corrected chi connectivity index (χ1v) is 10.7. The lowest BCUT2D eigenvalue weighted by Crippen LogP contribution is -2.43. The molecule has 5 nitrogen and oxygen atoms in total. The molecule has 0 bridgehead atoms. The normalized spacial score (nSPS) is 18.0. The predicted octanol–water partition coefficient (Wildman–Crippen LogP) is 3.95. The van der Waals surface area contributed by atoms with Crippen LogP contribution >= 0.6 is 0 Å². The molecule has 0 aliphatic heterocycles. The summed E-state index contributed by atoms with van der Waals surface area (Å²) in [5.74, 6) is -2.26. The van der Waals surface area contributed by atoms with Gasteiger partial charge in [0.15, 0.2) is 0 Å². The van der Waals surface area contributed by atoms with E-state index in [-0.39, 0.29) is 43.0 Å². The van der Waals surface area contributed by atoms with Gasteiger partial charge in [-0.05, 0) is 66.6 Å². The monoisotopic (exact) mass is 446 g/mol. The lowest BCUT2D eigenvalue weighted by Gasteiger charge is -2.38. The van der Waals surface area contributed by atoms with Crippen LogP contribution in [0.5, 0.6) is 0 Å². The van der Waals surface area contributed by atoms with Gasteiger partial charge in [0, 0.05) is 37.1 Å². The van der Waals surface area contributed by atoms with E-state index in [0.29, 0.717) is 42.5 Å². The summed E-state index contributed by atoms with van der Waals surface area (Å²) in [7, 11) is 0. The van der Waals surface area contributed by atoms with Crippen molar-refractivity contribution in [2.45, 2.75) is 25.2 Å². The third-order valence-electron chi connectivity index (χ3n) is 6.16. The number of nitrogens with zero attached hydrogens (tertiary/aromatic N) is 1. The Kier molecular flexibility index (Phi) is 6.53. The summed E-state index contributed by atoms with van der Waals surface area (Å²) < 4.78 is 41.9. The van der Waals surface area contributed by atoms with Gasteiger partial charge in [0.1, 0.15) is 17.5 Å². The molecule has 0 spiro atoms. The molecule has 4 rings (SSSR count). The zero-order chi connectivity index (χ0) is 22.8. The first-order chi connectivity index (χ1) is 15.4. The van der Waals surface area contributed by atoms with Gasteiger partial charge < -0.3 is 20.1 Å². The Morgan fingerprint density at radius 3 is 2.38 bits per heavy atom. The fourth-order valence-electron chi connectivity index (χ4n) is 4.54. The lowest BCUT2D eigenvalue weighted by atomic mass is 9.69. The molecule has 1 aromatic heterocycles. The van der Waals surface area contributed by atoms with Crippen LogP contribution in [-0.2, 0) is 4.79 Å². The number of hydrogen-bond acceptors (Lipinski definition) is 3. The SMILES string of the molecule is O=C([C@H]1C[C@H](c2c(-c3ccc(F)cc3)[nH]c3c(F)cc(F)cc32)C1)N(CCO)CCCO. The second kappa shape index (κ2) is 9.34. The Bertz CT molecular complexity index is 1110. The Morgan fingerprint density at radius 2 is 1.72 bits per heavy atom. The molecule has 0 atom stereocenters. The molecular formula is C24H25F3N2O3. The number of carbonyl (C=O) groups is 1. The van der Waals surface area contributed by atoms with Crippen LogP contribution in [0.25, 0.3) is 22.2 Å². The number of carbonyl (C=O) groups excluding carboxylic acids is 1. The van der Waals surface area contributed by atoms with Crippen LogP contribution in [0.1, 0.15) is 30.7 Å². The molecule has 1 aliphatic rings. The minimum absolute atomic E-state index is 0.0456. The summed E-state index contributed by atoms with van der Waals surface area (Å²) in [6, 6.07) is 7.88. The van der Waals surface area contributed by atoms with Crippen molar-refractivity contribution >= 4 is 16.8 Å². The van der Waals surface area contributed by atoms with Gasteiger partial charge in [-0.3, -0.25) is 4.79 Å². The van der Waals surface area contributed by atoms with Crippen molar-refractivity contribution in [3.8, 4) is 11.3 Å². The maximum Gasteiger partial charge on any atom is 0.225 e. The number of H-pyrrole nitrogens is 1. The van der Waals surface area contributed by atoms with Gasteiger partial charge in [-0.25, -0.2) is 13.2 Å². The quantitative estimate of drug-likeness (QED) is 0.491. The third-order valence-corrected chi connectivity index (χ3v) is 6.16. The van der Waals surface area contributed by atoms with E-state index in [0.717, 1.165) is 11.6 Å². The number of amides is 1. The van der Waals surface area contributed by atoms with Crippen molar-refractivity contribution in [1.82, 2.24) is 9.88 Å². The van der Waals surface area contributed by atoms with Crippen LogP contribution in [0.3, 0.4) is 0 Å². The van der Waals surface area contributed by atoms with Crippen LogP contribution in [0.15, 0.2) is 36.4 Å². The molecule has 3 N–H and O–H groups in total. The van der Waals surface area contributed by atoms with Crippen molar-refractivity contribution in [1.29, 1.82) is 0 Å². The smallest absolute Gasteiger partial charge is 0.225 e. The number of nitrogens with one attached hydrogen (secondary N) is 1. The fourth-order valence-corrected chi connectivity index (χ4v) is 4.54. The van der Waals surface area contributed by atoms with Gasteiger partial charge in [0.05, 0.1) is 17.8 Å². The van der Waals surface area contributed by atoms with Crippen LogP contribution < -0.4 is 0 Å². The molecule has 3 aromatic rings. The summed E-state index contributed by atoms with van der Waals surface area (Å²) >= 11 is 0. The van der Waals surface area contributed by atoms with Crippen LogP contribution in [0.4, 0.5) is 13.2 Å². The zero-order valence-electron chi connectivity index (χ0n) is 17.5. The molecular weight excluding hydrogens is 421 g/mol. The molecule has 1 amide bonds. The van der Waals surface area contributed by atoms with Crippen molar-refractivity contribution in [2.24, 2.45) is 5.92 Å². The summed E-state index contributed by atoms with van der Waals surface area (Å²) in [4.78, 5) is 17.5. The highest BCUT2D eigenvalue weighted by molar-refractivity contribution is 5.92. The Hall–Kier alpha value is -2.84. The van der Waals surface area contributed by atoms with E-state index in [9.17, 15) is 23.1 Å². The molecule has 0 saturated heterocycles. The maximum absolute atomic E-state index is 14.5. The van der Waals surface area contributed by atoms with E-state index >= 15 is 0 Å². The van der Waals surface area contributed by atoms with Crippen molar-refractivity contribution in [2.75, 3.05) is 26.3 Å². The highest BCUT2D eigenvalue weighted by atomic mass is 19.1. The van der Waals surface area contributed by atoms with Crippen molar-refractivity contribution in [3.63, 3.8) is 0 Å². The highest BCUT2D eigenvalue weighted by Gasteiger charge is 2.40. The molecule has 2 aromatic carbocycles. The fraction of sp³-hybridized carbons (Fsp3) is 0.375. The van der Waals surface area contributed by atoms with Crippen molar-refractivity contribution in [3.05, 3.63) is 59.4 Å². The number of aromatic nitrogens is 1. The molecule has 1 fully saturated rings.